The third kappa shape index (κ3) is 4.82. The van der Waals surface area contributed by atoms with E-state index in [1.807, 2.05) is 4.90 Å². The summed E-state index contributed by atoms with van der Waals surface area (Å²) in [7, 11) is 3.42. The lowest BCUT2D eigenvalue weighted by atomic mass is 10.2. The highest BCUT2D eigenvalue weighted by Gasteiger charge is 2.22. The highest BCUT2D eigenvalue weighted by Crippen LogP contribution is 2.09. The smallest absolute Gasteiger partial charge is 0.255 e. The Hall–Kier alpha value is -2.94. The van der Waals surface area contributed by atoms with Crippen molar-refractivity contribution in [2.45, 2.75) is 6.42 Å². The Kier molecular flexibility index (Phi) is 5.70. The number of anilines is 1. The van der Waals surface area contributed by atoms with Crippen LogP contribution in [0, 0.1) is 0 Å². The first-order valence-electron chi connectivity index (χ1n) is 8.90. The molecular formula is C18H24N6O3. The van der Waals surface area contributed by atoms with E-state index in [0.717, 1.165) is 13.0 Å². The van der Waals surface area contributed by atoms with E-state index in [9.17, 15) is 14.4 Å². The molecule has 3 heterocycles. The molecule has 27 heavy (non-hydrogen) atoms. The summed E-state index contributed by atoms with van der Waals surface area (Å²) in [6.07, 6.45) is 4.12. The van der Waals surface area contributed by atoms with Crippen LogP contribution in [0.25, 0.3) is 0 Å². The van der Waals surface area contributed by atoms with Crippen LogP contribution in [0.15, 0.2) is 35.4 Å². The third-order valence-electron chi connectivity index (χ3n) is 4.56. The van der Waals surface area contributed by atoms with Crippen molar-refractivity contribution in [1.82, 2.24) is 24.1 Å². The molecule has 0 saturated carbocycles. The highest BCUT2D eigenvalue weighted by molar-refractivity contribution is 5.94. The van der Waals surface area contributed by atoms with E-state index >= 15 is 0 Å². The van der Waals surface area contributed by atoms with Gasteiger partial charge in [-0.25, -0.2) is 0 Å². The van der Waals surface area contributed by atoms with Crippen LogP contribution in [0.2, 0.25) is 0 Å². The van der Waals surface area contributed by atoms with Crippen molar-refractivity contribution < 1.29 is 9.59 Å². The van der Waals surface area contributed by atoms with Crippen molar-refractivity contribution in [3.8, 4) is 0 Å². The molecule has 1 aliphatic rings. The Morgan fingerprint density at radius 1 is 1.11 bits per heavy atom. The molecule has 3 rings (SSSR count). The number of pyridine rings is 1. The molecule has 0 aliphatic carbocycles. The van der Waals surface area contributed by atoms with Crippen molar-refractivity contribution in [2.75, 3.05) is 38.0 Å². The van der Waals surface area contributed by atoms with Gasteiger partial charge < -0.3 is 14.8 Å². The van der Waals surface area contributed by atoms with Crippen LogP contribution in [-0.2, 0) is 18.9 Å². The van der Waals surface area contributed by atoms with Crippen molar-refractivity contribution in [2.24, 2.45) is 14.1 Å². The Morgan fingerprint density at radius 3 is 2.63 bits per heavy atom. The van der Waals surface area contributed by atoms with E-state index in [2.05, 4.69) is 10.4 Å². The van der Waals surface area contributed by atoms with Crippen molar-refractivity contribution >= 4 is 17.6 Å². The van der Waals surface area contributed by atoms with Crippen LogP contribution in [0.5, 0.6) is 0 Å². The summed E-state index contributed by atoms with van der Waals surface area (Å²) in [5, 5.41) is 6.91. The van der Waals surface area contributed by atoms with Gasteiger partial charge in [-0.2, -0.15) is 5.10 Å². The Bertz CT molecular complexity index is 887. The van der Waals surface area contributed by atoms with Gasteiger partial charge in [0.2, 0.25) is 11.5 Å². The number of carbonyl (C=O) groups excluding carboxylic acids is 2. The van der Waals surface area contributed by atoms with Crippen molar-refractivity contribution in [1.29, 1.82) is 0 Å². The fourth-order valence-corrected chi connectivity index (χ4v) is 3.10. The molecule has 1 aliphatic heterocycles. The number of nitrogens with one attached hydrogen (secondary N) is 1. The van der Waals surface area contributed by atoms with Gasteiger partial charge in [0.1, 0.15) is 0 Å². The summed E-state index contributed by atoms with van der Waals surface area (Å²) < 4.78 is 3.03. The Labute approximate surface area is 157 Å². The summed E-state index contributed by atoms with van der Waals surface area (Å²) >= 11 is 0. The molecule has 0 spiro atoms. The average molecular weight is 372 g/mol. The van der Waals surface area contributed by atoms with E-state index in [4.69, 9.17) is 0 Å². The number of hydrogen-bond donors (Lipinski definition) is 1. The lowest BCUT2D eigenvalue weighted by Gasteiger charge is -2.21. The monoisotopic (exact) mass is 372 g/mol. The van der Waals surface area contributed by atoms with Gasteiger partial charge in [0.15, 0.2) is 5.82 Å². The molecule has 1 N–H and O–H groups in total. The van der Waals surface area contributed by atoms with Gasteiger partial charge in [-0.1, -0.05) is 0 Å². The molecule has 2 aromatic heterocycles. The molecule has 144 valence electrons. The van der Waals surface area contributed by atoms with Gasteiger partial charge in [0.25, 0.3) is 5.91 Å². The van der Waals surface area contributed by atoms with Crippen LogP contribution in [0.1, 0.15) is 16.8 Å². The van der Waals surface area contributed by atoms with Gasteiger partial charge in [-0.3, -0.25) is 24.0 Å². The van der Waals surface area contributed by atoms with Gasteiger partial charge in [-0.05, 0) is 12.5 Å². The summed E-state index contributed by atoms with van der Waals surface area (Å²) in [4.78, 5) is 40.2. The fourth-order valence-electron chi connectivity index (χ4n) is 3.10. The molecule has 9 nitrogen and oxygen atoms in total. The number of amides is 2. The van der Waals surface area contributed by atoms with Gasteiger partial charge in [-0.15, -0.1) is 0 Å². The molecule has 1 fully saturated rings. The fraction of sp³-hybridized carbons (Fsp3) is 0.444. The second-order valence-electron chi connectivity index (χ2n) is 6.71. The van der Waals surface area contributed by atoms with Gasteiger partial charge >= 0.3 is 0 Å². The van der Waals surface area contributed by atoms with Crippen LogP contribution >= 0.6 is 0 Å². The van der Waals surface area contributed by atoms with Crippen molar-refractivity contribution in [3.05, 3.63) is 46.5 Å². The maximum Gasteiger partial charge on any atom is 0.255 e. The number of aryl methyl sites for hydroxylation is 2. The molecule has 9 heteroatoms. The predicted molar refractivity (Wildman–Crippen MR) is 100 cm³/mol. The topological polar surface area (TPSA) is 92.5 Å². The summed E-state index contributed by atoms with van der Waals surface area (Å²) in [5.74, 6) is 0.320. The molecule has 0 aromatic carbocycles. The first-order chi connectivity index (χ1) is 12.9. The summed E-state index contributed by atoms with van der Waals surface area (Å²) in [5.41, 5.74) is 0.353. The quantitative estimate of drug-likeness (QED) is 0.810. The second-order valence-corrected chi connectivity index (χ2v) is 6.71. The standard InChI is InChI=1S/C18H24N6O3/c1-21-12-14(4-5-17(21)26)18(27)24-8-3-7-23(10-11-24)13-16(25)19-15-6-9-22(2)20-15/h4-6,9,12H,3,7-8,10-11,13H2,1-2H3,(H,19,20,25). The van der Waals surface area contributed by atoms with Crippen LogP contribution in [0.4, 0.5) is 5.82 Å². The third-order valence-corrected chi connectivity index (χ3v) is 4.56. The predicted octanol–water partition coefficient (Wildman–Crippen LogP) is -0.0946. The molecule has 0 radical (unpaired) electrons. The minimum absolute atomic E-state index is 0.0922. The van der Waals surface area contributed by atoms with Crippen LogP contribution < -0.4 is 10.9 Å². The minimum Gasteiger partial charge on any atom is -0.337 e. The van der Waals surface area contributed by atoms with E-state index < -0.39 is 0 Å². The zero-order valence-electron chi connectivity index (χ0n) is 15.6. The first kappa shape index (κ1) is 18.8. The lowest BCUT2D eigenvalue weighted by Crippen LogP contribution is -2.38. The van der Waals surface area contributed by atoms with Gasteiger partial charge in [0.05, 0.1) is 12.1 Å². The zero-order valence-corrected chi connectivity index (χ0v) is 15.6. The molecule has 1 saturated heterocycles. The normalized spacial score (nSPS) is 15.4. The SMILES string of the molecule is Cn1ccc(NC(=O)CN2CCCN(C(=O)c3ccc(=O)n(C)c3)CC2)n1. The number of nitrogens with zero attached hydrogens (tertiary/aromatic N) is 5. The zero-order chi connectivity index (χ0) is 19.4. The number of carbonyl (C=O) groups is 2. The second kappa shape index (κ2) is 8.17. The Morgan fingerprint density at radius 2 is 1.93 bits per heavy atom. The van der Waals surface area contributed by atoms with E-state index in [-0.39, 0.29) is 23.9 Å². The number of aromatic nitrogens is 3. The average Bonchev–Trinajstić information content (AvgIpc) is 2.89. The molecule has 0 unspecified atom stereocenters. The van der Waals surface area contributed by atoms with E-state index in [1.165, 1.54) is 10.6 Å². The molecule has 0 bridgehead atoms. The molecule has 0 atom stereocenters. The number of hydrogen-bond acceptors (Lipinski definition) is 5. The molecule has 2 amide bonds. The van der Waals surface area contributed by atoms with Crippen molar-refractivity contribution in [3.63, 3.8) is 0 Å². The Balaban J connectivity index is 1.55. The number of rotatable bonds is 4. The maximum absolute atomic E-state index is 12.7. The van der Waals surface area contributed by atoms with E-state index in [1.54, 1.807) is 48.2 Å². The van der Waals surface area contributed by atoms with Crippen LogP contribution in [-0.4, -0.2) is 68.7 Å². The van der Waals surface area contributed by atoms with Gasteiger partial charge in [0, 0.05) is 64.8 Å². The van der Waals surface area contributed by atoms with Crippen LogP contribution in [0.3, 0.4) is 0 Å². The summed E-state index contributed by atoms with van der Waals surface area (Å²) in [6, 6.07) is 4.71. The highest BCUT2D eigenvalue weighted by atomic mass is 16.2. The lowest BCUT2D eigenvalue weighted by molar-refractivity contribution is -0.117. The van der Waals surface area contributed by atoms with E-state index in [0.29, 0.717) is 31.0 Å². The molecule has 2 aromatic rings. The molecular weight excluding hydrogens is 348 g/mol. The minimum atomic E-state index is -0.146. The summed E-state index contributed by atoms with van der Waals surface area (Å²) in [6.45, 7) is 2.79. The maximum atomic E-state index is 12.7. The first-order valence-corrected chi connectivity index (χ1v) is 8.90. The largest absolute Gasteiger partial charge is 0.337 e.